The molecule has 15 heavy (non-hydrogen) atoms. The molecule has 1 aromatic carbocycles. The van der Waals surface area contributed by atoms with E-state index < -0.39 is 0 Å². The van der Waals surface area contributed by atoms with Gasteiger partial charge in [0.15, 0.2) is 0 Å². The SMILES string of the molecule is COC(=O)[C@]12C[C@@H]3c4ccccc4[C@@H]1[C@@H]32. The first kappa shape index (κ1) is 7.91. The Morgan fingerprint density at radius 1 is 1.40 bits per heavy atom. The topological polar surface area (TPSA) is 26.3 Å². The van der Waals surface area contributed by atoms with Gasteiger partial charge in [0.05, 0.1) is 12.5 Å². The first-order valence-corrected chi connectivity index (χ1v) is 5.48. The summed E-state index contributed by atoms with van der Waals surface area (Å²) in [6.45, 7) is 0. The van der Waals surface area contributed by atoms with Gasteiger partial charge in [-0.3, -0.25) is 4.79 Å². The van der Waals surface area contributed by atoms with Crippen molar-refractivity contribution in [3.63, 3.8) is 0 Å². The van der Waals surface area contributed by atoms with Gasteiger partial charge in [-0.15, -0.1) is 0 Å². The molecule has 0 spiro atoms. The smallest absolute Gasteiger partial charge is 0.312 e. The van der Waals surface area contributed by atoms with Gasteiger partial charge in [0.1, 0.15) is 0 Å². The predicted molar refractivity (Wildman–Crippen MR) is 54.5 cm³/mol. The standard InChI is InChI=1S/C13H12O2/c1-15-12(14)13-6-9-7-4-2-3-5-8(7)10(13)11(9)13/h2-5,9-11H,6H2,1H3/t9-,10-,11-,13-/m1/s1. The molecule has 4 atom stereocenters. The van der Waals surface area contributed by atoms with Crippen LogP contribution in [0, 0.1) is 11.3 Å². The molecule has 0 bridgehead atoms. The van der Waals surface area contributed by atoms with Gasteiger partial charge < -0.3 is 4.74 Å². The van der Waals surface area contributed by atoms with E-state index in [1.807, 2.05) is 0 Å². The van der Waals surface area contributed by atoms with Crippen LogP contribution in [0.3, 0.4) is 0 Å². The zero-order valence-corrected chi connectivity index (χ0v) is 8.57. The molecule has 0 unspecified atom stereocenters. The van der Waals surface area contributed by atoms with Crippen LogP contribution in [0.2, 0.25) is 0 Å². The highest BCUT2D eigenvalue weighted by Gasteiger charge is 2.83. The van der Waals surface area contributed by atoms with Crippen molar-refractivity contribution in [2.75, 3.05) is 7.11 Å². The summed E-state index contributed by atoms with van der Waals surface area (Å²) in [7, 11) is 1.50. The Morgan fingerprint density at radius 2 is 2.13 bits per heavy atom. The fourth-order valence-corrected chi connectivity index (χ4v) is 4.10. The van der Waals surface area contributed by atoms with Gasteiger partial charge in [0.2, 0.25) is 0 Å². The Balaban J connectivity index is 1.82. The van der Waals surface area contributed by atoms with E-state index in [1.54, 1.807) is 0 Å². The molecular weight excluding hydrogens is 188 g/mol. The largest absolute Gasteiger partial charge is 0.469 e. The van der Waals surface area contributed by atoms with Crippen LogP contribution in [0.5, 0.6) is 0 Å². The van der Waals surface area contributed by atoms with Crippen LogP contribution in [-0.2, 0) is 9.53 Å². The van der Waals surface area contributed by atoms with Crippen molar-refractivity contribution >= 4 is 5.97 Å². The lowest BCUT2D eigenvalue weighted by Gasteiger charge is -2.35. The maximum Gasteiger partial charge on any atom is 0.312 e. The van der Waals surface area contributed by atoms with Crippen LogP contribution >= 0.6 is 0 Å². The molecule has 2 nitrogen and oxygen atoms in total. The molecule has 3 aliphatic carbocycles. The normalized spacial score (nSPS) is 42.6. The molecule has 0 amide bonds. The van der Waals surface area contributed by atoms with Crippen LogP contribution in [0.4, 0.5) is 0 Å². The van der Waals surface area contributed by atoms with Crippen LogP contribution in [0.25, 0.3) is 0 Å². The van der Waals surface area contributed by atoms with Gasteiger partial charge in [-0.2, -0.15) is 0 Å². The third kappa shape index (κ3) is 0.612. The number of methoxy groups -OCH3 is 1. The summed E-state index contributed by atoms with van der Waals surface area (Å²) in [4.78, 5) is 11.7. The lowest BCUT2D eigenvalue weighted by Crippen LogP contribution is -2.34. The van der Waals surface area contributed by atoms with E-state index in [-0.39, 0.29) is 11.4 Å². The lowest BCUT2D eigenvalue weighted by molar-refractivity contribution is -0.151. The van der Waals surface area contributed by atoms with Gasteiger partial charge in [-0.25, -0.2) is 0 Å². The molecule has 4 rings (SSSR count). The number of rotatable bonds is 1. The molecule has 0 radical (unpaired) electrons. The first-order valence-electron chi connectivity index (χ1n) is 5.48. The van der Waals surface area contributed by atoms with Gasteiger partial charge in [-0.1, -0.05) is 24.3 Å². The van der Waals surface area contributed by atoms with Crippen molar-refractivity contribution in [1.29, 1.82) is 0 Å². The summed E-state index contributed by atoms with van der Waals surface area (Å²) in [5.74, 6) is 1.71. The third-order valence-electron chi connectivity index (χ3n) is 4.69. The summed E-state index contributed by atoms with van der Waals surface area (Å²) >= 11 is 0. The lowest BCUT2D eigenvalue weighted by atomic mass is 9.69. The van der Waals surface area contributed by atoms with Gasteiger partial charge in [-0.05, 0) is 29.4 Å². The summed E-state index contributed by atoms with van der Waals surface area (Å²) in [6, 6.07) is 8.57. The number of benzene rings is 1. The van der Waals surface area contributed by atoms with E-state index in [1.165, 1.54) is 18.2 Å². The van der Waals surface area contributed by atoms with Crippen molar-refractivity contribution in [2.45, 2.75) is 18.3 Å². The molecule has 0 N–H and O–H groups in total. The van der Waals surface area contributed by atoms with Crippen molar-refractivity contribution < 1.29 is 9.53 Å². The number of ether oxygens (including phenoxy) is 1. The second-order valence-corrected chi connectivity index (χ2v) is 4.97. The fraction of sp³-hybridized carbons (Fsp3) is 0.462. The summed E-state index contributed by atoms with van der Waals surface area (Å²) in [5.41, 5.74) is 2.79. The van der Waals surface area contributed by atoms with E-state index in [0.29, 0.717) is 17.8 Å². The quantitative estimate of drug-likeness (QED) is 0.648. The average Bonchev–Trinajstić information content (AvgIpc) is 2.67. The summed E-state index contributed by atoms with van der Waals surface area (Å²) in [6.07, 6.45) is 1.02. The molecule has 0 aromatic heterocycles. The summed E-state index contributed by atoms with van der Waals surface area (Å²) in [5, 5.41) is 0. The van der Waals surface area contributed by atoms with E-state index in [2.05, 4.69) is 24.3 Å². The van der Waals surface area contributed by atoms with E-state index in [0.717, 1.165) is 6.42 Å². The minimum Gasteiger partial charge on any atom is -0.469 e. The first-order chi connectivity index (χ1) is 7.30. The van der Waals surface area contributed by atoms with Gasteiger partial charge >= 0.3 is 5.97 Å². The number of carbonyl (C=O) groups excluding carboxylic acids is 1. The number of carbonyl (C=O) groups is 1. The Hall–Kier alpha value is -1.31. The second kappa shape index (κ2) is 2.11. The fourth-order valence-electron chi connectivity index (χ4n) is 4.10. The zero-order valence-electron chi connectivity index (χ0n) is 8.57. The molecule has 0 saturated heterocycles. The molecule has 2 saturated carbocycles. The maximum atomic E-state index is 11.7. The van der Waals surface area contributed by atoms with Crippen LogP contribution in [0.1, 0.15) is 29.4 Å². The van der Waals surface area contributed by atoms with Gasteiger partial charge in [0.25, 0.3) is 0 Å². The molecule has 2 fully saturated rings. The zero-order chi connectivity index (χ0) is 10.2. The summed E-state index contributed by atoms with van der Waals surface area (Å²) < 4.78 is 4.93. The Bertz CT molecular complexity index is 479. The van der Waals surface area contributed by atoms with Crippen LogP contribution in [0.15, 0.2) is 24.3 Å². The van der Waals surface area contributed by atoms with Crippen molar-refractivity contribution in [1.82, 2.24) is 0 Å². The number of hydrogen-bond donors (Lipinski definition) is 0. The highest BCUT2D eigenvalue weighted by molar-refractivity contribution is 5.88. The Labute approximate surface area is 88.2 Å². The Morgan fingerprint density at radius 3 is 2.87 bits per heavy atom. The highest BCUT2D eigenvalue weighted by Crippen LogP contribution is 2.86. The van der Waals surface area contributed by atoms with Crippen LogP contribution < -0.4 is 0 Å². The Kier molecular flexibility index (Phi) is 1.11. The van der Waals surface area contributed by atoms with Gasteiger partial charge in [0, 0.05) is 5.92 Å². The number of esters is 1. The average molecular weight is 200 g/mol. The minimum absolute atomic E-state index is 0.0169. The van der Waals surface area contributed by atoms with E-state index >= 15 is 0 Å². The number of hydrogen-bond acceptors (Lipinski definition) is 2. The monoisotopic (exact) mass is 200 g/mol. The molecule has 1 aromatic rings. The van der Waals surface area contributed by atoms with E-state index in [9.17, 15) is 4.79 Å². The molecule has 2 heteroatoms. The van der Waals surface area contributed by atoms with Crippen LogP contribution in [-0.4, -0.2) is 13.1 Å². The molecule has 76 valence electrons. The van der Waals surface area contributed by atoms with Crippen molar-refractivity contribution in [3.8, 4) is 0 Å². The predicted octanol–water partition coefficient (Wildman–Crippen LogP) is 2.06. The van der Waals surface area contributed by atoms with E-state index in [4.69, 9.17) is 4.74 Å². The molecule has 0 heterocycles. The molecule has 0 aliphatic heterocycles. The van der Waals surface area contributed by atoms with Crippen molar-refractivity contribution in [2.24, 2.45) is 11.3 Å². The third-order valence-corrected chi connectivity index (χ3v) is 4.69. The highest BCUT2D eigenvalue weighted by atomic mass is 16.5. The molecular formula is C13H12O2. The molecule has 3 aliphatic rings. The number of fused-ring (bicyclic) bond motifs is 4. The maximum absolute atomic E-state index is 11.7. The van der Waals surface area contributed by atoms with Crippen molar-refractivity contribution in [3.05, 3.63) is 35.4 Å². The minimum atomic E-state index is -0.103. The second-order valence-electron chi connectivity index (χ2n) is 4.97.